The fourth-order valence-electron chi connectivity index (χ4n) is 8.98. The van der Waals surface area contributed by atoms with Gasteiger partial charge >= 0.3 is 0 Å². The van der Waals surface area contributed by atoms with E-state index in [4.69, 9.17) is 0 Å². The zero-order chi connectivity index (χ0) is 36.0. The molecule has 0 fully saturated rings. The Bertz CT molecular complexity index is 3080. The first kappa shape index (κ1) is 31.1. The molecule has 0 saturated carbocycles. The third kappa shape index (κ3) is 4.58. The monoisotopic (exact) mass is 708 g/mol. The normalized spacial score (nSPS) is 13.1. The van der Waals surface area contributed by atoms with Crippen molar-refractivity contribution in [3.63, 3.8) is 0 Å². The summed E-state index contributed by atoms with van der Waals surface area (Å²) in [5.41, 5.74) is 15.0. The number of nitrogens with zero attached hydrogens (tertiary/aromatic N) is 2. The molecule has 0 atom stereocenters. The van der Waals surface area contributed by atoms with E-state index in [-0.39, 0.29) is 5.41 Å². The summed E-state index contributed by atoms with van der Waals surface area (Å²) < 4.78 is 5.00. The van der Waals surface area contributed by atoms with E-state index >= 15 is 0 Å². The number of thiophene rings is 1. The predicted molar refractivity (Wildman–Crippen MR) is 231 cm³/mol. The molecule has 0 saturated heterocycles. The quantitative estimate of drug-likeness (QED) is 0.173. The van der Waals surface area contributed by atoms with E-state index in [2.05, 4.69) is 205 Å². The first-order valence-electron chi connectivity index (χ1n) is 18.7. The van der Waals surface area contributed by atoms with Crippen molar-refractivity contribution in [3.8, 4) is 27.9 Å². The van der Waals surface area contributed by atoms with Crippen molar-refractivity contribution >= 4 is 70.4 Å². The molecule has 1 aliphatic rings. The van der Waals surface area contributed by atoms with Gasteiger partial charge < -0.3 is 9.47 Å². The second-order valence-corrected chi connectivity index (χ2v) is 16.0. The predicted octanol–water partition coefficient (Wildman–Crippen LogP) is 14.6. The molecular weight excluding hydrogens is 673 g/mol. The van der Waals surface area contributed by atoms with Crippen LogP contribution < -0.4 is 4.90 Å². The third-order valence-corrected chi connectivity index (χ3v) is 12.8. The van der Waals surface area contributed by atoms with Crippen molar-refractivity contribution in [2.75, 3.05) is 4.90 Å². The molecule has 3 heteroatoms. The number of benzene rings is 8. The Hall–Kier alpha value is -6.42. The van der Waals surface area contributed by atoms with E-state index in [9.17, 15) is 0 Å². The van der Waals surface area contributed by atoms with Crippen LogP contribution in [0.15, 0.2) is 182 Å². The summed E-state index contributed by atoms with van der Waals surface area (Å²) in [6.07, 6.45) is 0. The minimum absolute atomic E-state index is 0.0831. The molecule has 0 aliphatic heterocycles. The highest BCUT2D eigenvalue weighted by molar-refractivity contribution is 7.26. The second-order valence-electron chi connectivity index (χ2n) is 15.0. The Labute approximate surface area is 318 Å². The molecule has 8 aromatic carbocycles. The van der Waals surface area contributed by atoms with Crippen LogP contribution in [-0.4, -0.2) is 4.57 Å². The number of anilines is 3. The van der Waals surface area contributed by atoms with Crippen LogP contribution in [0.2, 0.25) is 0 Å². The highest BCUT2D eigenvalue weighted by atomic mass is 32.1. The highest BCUT2D eigenvalue weighted by Gasteiger charge is 2.36. The summed E-state index contributed by atoms with van der Waals surface area (Å²) in [6.45, 7) is 4.72. The van der Waals surface area contributed by atoms with E-state index in [0.29, 0.717) is 0 Å². The van der Waals surface area contributed by atoms with E-state index < -0.39 is 0 Å². The average molecular weight is 709 g/mol. The molecule has 1 aliphatic carbocycles. The van der Waals surface area contributed by atoms with Crippen molar-refractivity contribution in [3.05, 3.63) is 193 Å². The van der Waals surface area contributed by atoms with Gasteiger partial charge in [0, 0.05) is 48.7 Å². The Kier molecular flexibility index (Phi) is 6.80. The van der Waals surface area contributed by atoms with Gasteiger partial charge in [-0.15, -0.1) is 11.3 Å². The van der Waals surface area contributed by atoms with Crippen LogP contribution in [0.25, 0.3) is 69.9 Å². The molecule has 256 valence electrons. The highest BCUT2D eigenvalue weighted by Crippen LogP contribution is 2.52. The van der Waals surface area contributed by atoms with Crippen LogP contribution in [0.4, 0.5) is 17.1 Å². The summed E-state index contributed by atoms with van der Waals surface area (Å²) in [7, 11) is 0. The van der Waals surface area contributed by atoms with Crippen molar-refractivity contribution in [1.29, 1.82) is 0 Å². The summed E-state index contributed by atoms with van der Waals surface area (Å²) in [5.74, 6) is 0. The van der Waals surface area contributed by atoms with Crippen LogP contribution >= 0.6 is 11.3 Å². The molecule has 2 aromatic heterocycles. The Morgan fingerprint density at radius 3 is 2.06 bits per heavy atom. The molecule has 0 amide bonds. The molecule has 0 unspecified atom stereocenters. The van der Waals surface area contributed by atoms with Gasteiger partial charge in [-0.25, -0.2) is 0 Å². The molecule has 10 aromatic rings. The maximum absolute atomic E-state index is 2.45. The maximum atomic E-state index is 2.45. The minimum atomic E-state index is -0.0831. The molecule has 2 heterocycles. The summed E-state index contributed by atoms with van der Waals surface area (Å²) in [5, 5.41) is 5.10. The topological polar surface area (TPSA) is 8.17 Å². The lowest BCUT2D eigenvalue weighted by atomic mass is 9.82. The third-order valence-electron chi connectivity index (χ3n) is 11.6. The van der Waals surface area contributed by atoms with Crippen LogP contribution in [0.1, 0.15) is 25.0 Å². The van der Waals surface area contributed by atoms with Gasteiger partial charge in [0.2, 0.25) is 0 Å². The van der Waals surface area contributed by atoms with Gasteiger partial charge in [-0.3, -0.25) is 0 Å². The lowest BCUT2D eigenvalue weighted by Gasteiger charge is -2.28. The summed E-state index contributed by atoms with van der Waals surface area (Å²) in [4.78, 5) is 2.45. The van der Waals surface area contributed by atoms with Gasteiger partial charge in [-0.1, -0.05) is 135 Å². The van der Waals surface area contributed by atoms with Gasteiger partial charge in [0.15, 0.2) is 0 Å². The Morgan fingerprint density at radius 1 is 0.463 bits per heavy atom. The van der Waals surface area contributed by atoms with Gasteiger partial charge in [-0.2, -0.15) is 0 Å². The SMILES string of the molecule is CC1(C)c2ccccc2-c2ccc(N(c3ccccc3)c3cccc4c3sc3cc(-n5c6ccccc6c6cc(-c7ccccc7)ccc65)ccc34)cc21. The van der Waals surface area contributed by atoms with Crippen LogP contribution in [0.5, 0.6) is 0 Å². The zero-order valence-corrected chi connectivity index (χ0v) is 30.9. The van der Waals surface area contributed by atoms with Crippen molar-refractivity contribution < 1.29 is 0 Å². The minimum Gasteiger partial charge on any atom is -0.309 e. The molecule has 0 bridgehead atoms. The van der Waals surface area contributed by atoms with Crippen molar-refractivity contribution in [2.24, 2.45) is 0 Å². The van der Waals surface area contributed by atoms with E-state index in [1.807, 2.05) is 11.3 Å². The van der Waals surface area contributed by atoms with E-state index in [1.165, 1.54) is 92.4 Å². The van der Waals surface area contributed by atoms with Crippen molar-refractivity contribution in [1.82, 2.24) is 4.57 Å². The van der Waals surface area contributed by atoms with Crippen LogP contribution in [0, 0.1) is 0 Å². The standard InChI is InChI=1S/C51H36N2S/c1-51(2)44-21-11-9-18-38(44)39-27-25-36(31-45(39)51)52(35-16-7-4-8-17-35)48-23-13-20-42-41-28-26-37(32-49(41)54-50(42)48)53-46-22-12-10-19-40(46)43-30-34(24-29-47(43)53)33-14-5-3-6-15-33/h3-32H,1-2H3. The van der Waals surface area contributed by atoms with Gasteiger partial charge in [-0.05, 0) is 94.0 Å². The largest absolute Gasteiger partial charge is 0.309 e. The first-order valence-corrected chi connectivity index (χ1v) is 19.5. The second kappa shape index (κ2) is 11.8. The lowest BCUT2D eigenvalue weighted by Crippen LogP contribution is -2.16. The fourth-order valence-corrected chi connectivity index (χ4v) is 10.2. The summed E-state index contributed by atoms with van der Waals surface area (Å²) >= 11 is 1.89. The number of hydrogen-bond acceptors (Lipinski definition) is 2. The zero-order valence-electron chi connectivity index (χ0n) is 30.1. The van der Waals surface area contributed by atoms with E-state index in [0.717, 1.165) is 5.69 Å². The number of rotatable bonds is 5. The van der Waals surface area contributed by atoms with Crippen molar-refractivity contribution in [2.45, 2.75) is 19.3 Å². The van der Waals surface area contributed by atoms with Gasteiger partial charge in [0.05, 0.1) is 21.4 Å². The average Bonchev–Trinajstić information content (AvgIpc) is 3.84. The molecule has 54 heavy (non-hydrogen) atoms. The number of aromatic nitrogens is 1. The molecule has 0 spiro atoms. The molecule has 11 rings (SSSR count). The molecule has 0 radical (unpaired) electrons. The Balaban J connectivity index is 1.08. The lowest BCUT2D eigenvalue weighted by molar-refractivity contribution is 0.660. The number of hydrogen-bond donors (Lipinski definition) is 0. The molecule has 2 nitrogen and oxygen atoms in total. The summed E-state index contributed by atoms with van der Waals surface area (Å²) in [6, 6.07) is 67.0. The van der Waals surface area contributed by atoms with E-state index in [1.54, 1.807) is 0 Å². The number of para-hydroxylation sites is 2. The number of fused-ring (bicyclic) bond motifs is 9. The first-order chi connectivity index (χ1) is 26.5. The van der Waals surface area contributed by atoms with Gasteiger partial charge in [0.1, 0.15) is 0 Å². The maximum Gasteiger partial charge on any atom is 0.0640 e. The van der Waals surface area contributed by atoms with Gasteiger partial charge in [0.25, 0.3) is 0 Å². The van der Waals surface area contributed by atoms with Crippen LogP contribution in [-0.2, 0) is 5.41 Å². The molecular formula is C51H36N2S. The Morgan fingerprint density at radius 2 is 1.19 bits per heavy atom. The van der Waals surface area contributed by atoms with Crippen LogP contribution in [0.3, 0.4) is 0 Å². The smallest absolute Gasteiger partial charge is 0.0640 e. The molecule has 0 N–H and O–H groups in total. The fraction of sp³-hybridized carbons (Fsp3) is 0.0588.